The summed E-state index contributed by atoms with van der Waals surface area (Å²) in [5.74, 6) is -0.203. The smallest absolute Gasteiger partial charge is 0.274 e. The zero-order valence-corrected chi connectivity index (χ0v) is 18.0. The maximum Gasteiger partial charge on any atom is 0.274 e. The molecule has 33 heavy (non-hydrogen) atoms. The van der Waals surface area contributed by atoms with Gasteiger partial charge in [-0.05, 0) is 29.8 Å². The Labute approximate surface area is 190 Å². The van der Waals surface area contributed by atoms with Crippen LogP contribution in [0.25, 0.3) is 16.6 Å². The van der Waals surface area contributed by atoms with Gasteiger partial charge in [0.25, 0.3) is 11.5 Å². The lowest BCUT2D eigenvalue weighted by molar-refractivity contribution is -0.131. The molecule has 0 atom stereocenters. The first kappa shape index (κ1) is 20.7. The third-order valence-corrected chi connectivity index (χ3v) is 5.96. The zero-order chi connectivity index (χ0) is 22.8. The third kappa shape index (κ3) is 4.15. The number of piperazine rings is 1. The molecule has 0 spiro atoms. The van der Waals surface area contributed by atoms with Crippen LogP contribution in [0, 0.1) is 0 Å². The molecule has 1 aliphatic rings. The van der Waals surface area contributed by atoms with Crippen molar-refractivity contribution < 1.29 is 9.59 Å². The molecular weight excluding hydrogens is 418 g/mol. The minimum Gasteiger partial charge on any atom is -0.361 e. The number of rotatable bonds is 4. The molecule has 2 aromatic heterocycles. The van der Waals surface area contributed by atoms with Crippen molar-refractivity contribution in [2.45, 2.75) is 6.42 Å². The zero-order valence-electron chi connectivity index (χ0n) is 18.0. The molecule has 8 heteroatoms. The maximum atomic E-state index is 13.0. The largest absolute Gasteiger partial charge is 0.361 e. The Bertz CT molecular complexity index is 1370. The van der Waals surface area contributed by atoms with E-state index in [4.69, 9.17) is 0 Å². The molecular formula is C25H23N5O3. The van der Waals surface area contributed by atoms with Crippen LogP contribution in [0.15, 0.2) is 77.7 Å². The van der Waals surface area contributed by atoms with E-state index in [1.807, 2.05) is 48.7 Å². The lowest BCUT2D eigenvalue weighted by atomic mass is 10.1. The normalized spacial score (nSPS) is 13.9. The molecule has 0 radical (unpaired) electrons. The van der Waals surface area contributed by atoms with Crippen LogP contribution in [0.3, 0.4) is 0 Å². The van der Waals surface area contributed by atoms with E-state index in [-0.39, 0.29) is 23.1 Å². The van der Waals surface area contributed by atoms with Gasteiger partial charge in [0.2, 0.25) is 5.91 Å². The highest BCUT2D eigenvalue weighted by Gasteiger charge is 2.26. The Kier molecular flexibility index (Phi) is 5.48. The Balaban J connectivity index is 1.24. The number of hydrogen-bond donors (Lipinski definition) is 1. The Morgan fingerprint density at radius 3 is 2.33 bits per heavy atom. The van der Waals surface area contributed by atoms with Crippen LogP contribution < -0.4 is 5.56 Å². The highest BCUT2D eigenvalue weighted by Crippen LogP contribution is 2.19. The fourth-order valence-electron chi connectivity index (χ4n) is 4.15. The van der Waals surface area contributed by atoms with Gasteiger partial charge in [-0.3, -0.25) is 14.4 Å². The van der Waals surface area contributed by atoms with Crippen molar-refractivity contribution in [3.05, 3.63) is 94.5 Å². The number of aromatic nitrogens is 3. The van der Waals surface area contributed by atoms with Gasteiger partial charge in [-0.2, -0.15) is 9.78 Å². The fourth-order valence-corrected chi connectivity index (χ4v) is 4.15. The highest BCUT2D eigenvalue weighted by molar-refractivity contribution is 5.92. The summed E-state index contributed by atoms with van der Waals surface area (Å²) in [4.78, 5) is 44.8. The first-order valence-electron chi connectivity index (χ1n) is 10.9. The van der Waals surface area contributed by atoms with Crippen molar-refractivity contribution in [2.24, 2.45) is 0 Å². The molecule has 1 N–H and O–H groups in total. The van der Waals surface area contributed by atoms with Gasteiger partial charge in [0.1, 0.15) is 5.69 Å². The average Bonchev–Trinajstić information content (AvgIpc) is 3.27. The summed E-state index contributed by atoms with van der Waals surface area (Å²) >= 11 is 0. The van der Waals surface area contributed by atoms with E-state index < -0.39 is 0 Å². The van der Waals surface area contributed by atoms with Gasteiger partial charge < -0.3 is 14.8 Å². The van der Waals surface area contributed by atoms with E-state index in [0.717, 1.165) is 16.5 Å². The minimum absolute atomic E-state index is 0.0441. The lowest BCUT2D eigenvalue weighted by Crippen LogP contribution is -2.51. The summed E-state index contributed by atoms with van der Waals surface area (Å²) in [6.07, 6.45) is 2.21. The van der Waals surface area contributed by atoms with Crippen LogP contribution in [0.5, 0.6) is 0 Å². The summed E-state index contributed by atoms with van der Waals surface area (Å²) in [5, 5.41) is 5.33. The average molecular weight is 441 g/mol. The SMILES string of the molecule is O=C(Cc1c[nH]c2ccccc12)N1CCN(C(=O)c2ccc(=O)n(-c3ccccc3)n2)CC1. The number of H-pyrrole nitrogens is 1. The van der Waals surface area contributed by atoms with Crippen LogP contribution in [-0.2, 0) is 11.2 Å². The number of carbonyl (C=O) groups is 2. The first-order chi connectivity index (χ1) is 16.1. The molecule has 0 unspecified atom stereocenters. The van der Waals surface area contributed by atoms with Crippen molar-refractivity contribution in [2.75, 3.05) is 26.2 Å². The number of nitrogens with zero attached hydrogens (tertiary/aromatic N) is 4. The monoisotopic (exact) mass is 441 g/mol. The predicted molar refractivity (Wildman–Crippen MR) is 124 cm³/mol. The van der Waals surface area contributed by atoms with Crippen LogP contribution in [0.4, 0.5) is 0 Å². The van der Waals surface area contributed by atoms with Crippen molar-refractivity contribution in [3.63, 3.8) is 0 Å². The number of aromatic amines is 1. The summed E-state index contributed by atoms with van der Waals surface area (Å²) in [7, 11) is 0. The lowest BCUT2D eigenvalue weighted by Gasteiger charge is -2.34. The molecule has 0 saturated carbocycles. The molecule has 4 aromatic rings. The topological polar surface area (TPSA) is 91.3 Å². The van der Waals surface area contributed by atoms with Crippen LogP contribution >= 0.6 is 0 Å². The van der Waals surface area contributed by atoms with Crippen LogP contribution in [0.2, 0.25) is 0 Å². The Morgan fingerprint density at radius 1 is 0.848 bits per heavy atom. The number of hydrogen-bond acceptors (Lipinski definition) is 4. The summed E-state index contributed by atoms with van der Waals surface area (Å²) in [5.41, 5.74) is 2.49. The molecule has 1 saturated heterocycles. The molecule has 5 rings (SSSR count). The minimum atomic E-state index is -0.301. The van der Waals surface area contributed by atoms with Crippen molar-refractivity contribution in [1.29, 1.82) is 0 Å². The third-order valence-electron chi connectivity index (χ3n) is 5.96. The van der Waals surface area contributed by atoms with E-state index in [1.165, 1.54) is 16.8 Å². The van der Waals surface area contributed by atoms with Gasteiger partial charge in [0, 0.05) is 49.3 Å². The summed E-state index contributed by atoms with van der Waals surface area (Å²) < 4.78 is 1.23. The second kappa shape index (κ2) is 8.74. The quantitative estimate of drug-likeness (QED) is 0.526. The molecule has 1 aliphatic heterocycles. The Hall–Kier alpha value is -4.20. The maximum absolute atomic E-state index is 13.0. The number of benzene rings is 2. The molecule has 0 aliphatic carbocycles. The number of fused-ring (bicyclic) bond motifs is 1. The number of nitrogens with one attached hydrogen (secondary N) is 1. The van der Waals surface area contributed by atoms with Crippen molar-refractivity contribution in [1.82, 2.24) is 24.6 Å². The second-order valence-electron chi connectivity index (χ2n) is 8.01. The van der Waals surface area contributed by atoms with Gasteiger partial charge in [-0.25, -0.2) is 0 Å². The molecule has 166 valence electrons. The van der Waals surface area contributed by atoms with Crippen LogP contribution in [-0.4, -0.2) is 62.6 Å². The van der Waals surface area contributed by atoms with Gasteiger partial charge >= 0.3 is 0 Å². The van der Waals surface area contributed by atoms with Crippen molar-refractivity contribution >= 4 is 22.7 Å². The van der Waals surface area contributed by atoms with E-state index in [0.29, 0.717) is 38.3 Å². The second-order valence-corrected chi connectivity index (χ2v) is 8.01. The Morgan fingerprint density at radius 2 is 1.55 bits per heavy atom. The molecule has 2 amide bonds. The summed E-state index contributed by atoms with van der Waals surface area (Å²) in [6, 6.07) is 19.7. The van der Waals surface area contributed by atoms with Crippen molar-refractivity contribution in [3.8, 4) is 5.69 Å². The molecule has 1 fully saturated rings. The molecule has 0 bridgehead atoms. The standard InChI is InChI=1S/C25H23N5O3/c31-23-11-10-22(27-30(23)19-6-2-1-3-7-19)25(33)29-14-12-28(13-15-29)24(32)16-18-17-26-21-9-5-4-8-20(18)21/h1-11,17,26H,12-16H2. The number of para-hydroxylation sites is 2. The van der Waals surface area contributed by atoms with E-state index in [2.05, 4.69) is 10.1 Å². The molecule has 8 nitrogen and oxygen atoms in total. The van der Waals surface area contributed by atoms with Gasteiger partial charge in [-0.1, -0.05) is 36.4 Å². The molecule has 2 aromatic carbocycles. The van der Waals surface area contributed by atoms with E-state index in [9.17, 15) is 14.4 Å². The van der Waals surface area contributed by atoms with E-state index in [1.54, 1.807) is 21.9 Å². The van der Waals surface area contributed by atoms with Gasteiger partial charge in [0.15, 0.2) is 0 Å². The first-order valence-corrected chi connectivity index (χ1v) is 10.9. The fraction of sp³-hybridized carbons (Fsp3) is 0.200. The predicted octanol–water partition coefficient (Wildman–Crippen LogP) is 2.24. The van der Waals surface area contributed by atoms with Gasteiger partial charge in [0.05, 0.1) is 12.1 Å². The van der Waals surface area contributed by atoms with Gasteiger partial charge in [-0.15, -0.1) is 0 Å². The van der Waals surface area contributed by atoms with E-state index >= 15 is 0 Å². The number of amides is 2. The van der Waals surface area contributed by atoms with Crippen LogP contribution in [0.1, 0.15) is 16.1 Å². The molecule has 3 heterocycles. The highest BCUT2D eigenvalue weighted by atomic mass is 16.2. The summed E-state index contributed by atoms with van der Waals surface area (Å²) in [6.45, 7) is 1.77. The number of carbonyl (C=O) groups excluding carboxylic acids is 2.